The molecule has 4 rings (SSSR count). The van der Waals surface area contributed by atoms with Crippen LogP contribution in [0.1, 0.15) is 42.9 Å². The Morgan fingerprint density at radius 2 is 1.76 bits per heavy atom. The molecule has 1 aliphatic rings. The Hall–Kier alpha value is -2.90. The number of nitrogens with zero attached hydrogens (tertiary/aromatic N) is 1. The molecule has 1 unspecified atom stereocenters. The van der Waals surface area contributed by atoms with E-state index in [0.717, 1.165) is 25.2 Å². The van der Waals surface area contributed by atoms with E-state index in [2.05, 4.69) is 4.90 Å². The number of furan rings is 1. The van der Waals surface area contributed by atoms with E-state index in [1.54, 1.807) is 38.7 Å². The molecule has 0 spiro atoms. The van der Waals surface area contributed by atoms with E-state index in [1.807, 2.05) is 12.1 Å². The standard InChI is InChI=1S/C26H33NO6/c1-30-23-19-12-16-32-24(19)26(31-2)25(33-17-15-27-13-6-3-7-14-27)22(23)21(29)11-10-18-8-4-5-9-20(18)28/h4-5,8-9,12,16,21,28-29H,3,6-7,10-11,13-15,17H2,1-2H3. The summed E-state index contributed by atoms with van der Waals surface area (Å²) >= 11 is 0. The van der Waals surface area contributed by atoms with Crippen LogP contribution in [0, 0.1) is 0 Å². The molecule has 1 aliphatic heterocycles. The Bertz CT molecular complexity index is 1060. The zero-order chi connectivity index (χ0) is 23.2. The lowest BCUT2D eigenvalue weighted by molar-refractivity contribution is 0.149. The number of benzene rings is 2. The Balaban J connectivity index is 1.64. The molecule has 1 saturated heterocycles. The molecule has 2 aromatic carbocycles. The Labute approximate surface area is 194 Å². The Kier molecular flexibility index (Phi) is 7.62. The highest BCUT2D eigenvalue weighted by Crippen LogP contribution is 2.49. The fourth-order valence-electron chi connectivity index (χ4n) is 4.61. The summed E-state index contributed by atoms with van der Waals surface area (Å²) in [5.41, 5.74) is 1.84. The molecule has 178 valence electrons. The highest BCUT2D eigenvalue weighted by atomic mass is 16.5. The first kappa shape index (κ1) is 23.3. The van der Waals surface area contributed by atoms with Crippen molar-refractivity contribution in [2.75, 3.05) is 40.5 Å². The number of aryl methyl sites for hydroxylation is 1. The highest BCUT2D eigenvalue weighted by molar-refractivity contribution is 5.93. The van der Waals surface area contributed by atoms with Gasteiger partial charge in [-0.1, -0.05) is 24.6 Å². The number of hydrogen-bond donors (Lipinski definition) is 2. The van der Waals surface area contributed by atoms with Gasteiger partial charge in [0.05, 0.1) is 37.5 Å². The number of ether oxygens (including phenoxy) is 3. The predicted octanol–water partition coefficient (Wildman–Crippen LogP) is 4.69. The number of aliphatic hydroxyl groups is 1. The van der Waals surface area contributed by atoms with Gasteiger partial charge in [-0.15, -0.1) is 0 Å². The van der Waals surface area contributed by atoms with Gasteiger partial charge >= 0.3 is 0 Å². The van der Waals surface area contributed by atoms with Gasteiger partial charge in [0.15, 0.2) is 11.3 Å². The number of para-hydroxylation sites is 1. The molecular weight excluding hydrogens is 422 g/mol. The highest BCUT2D eigenvalue weighted by Gasteiger charge is 2.29. The molecule has 0 saturated carbocycles. The third-order valence-electron chi connectivity index (χ3n) is 6.33. The number of piperidine rings is 1. The number of likely N-dealkylation sites (tertiary alicyclic amines) is 1. The lowest BCUT2D eigenvalue weighted by Crippen LogP contribution is -2.33. The van der Waals surface area contributed by atoms with Crippen LogP contribution >= 0.6 is 0 Å². The summed E-state index contributed by atoms with van der Waals surface area (Å²) in [6.07, 6.45) is 5.27. The number of phenols is 1. The topological polar surface area (TPSA) is 84.5 Å². The smallest absolute Gasteiger partial charge is 0.205 e. The minimum absolute atomic E-state index is 0.220. The molecule has 7 nitrogen and oxygen atoms in total. The number of aromatic hydroxyl groups is 1. The number of fused-ring (bicyclic) bond motifs is 1. The fraction of sp³-hybridized carbons (Fsp3) is 0.462. The van der Waals surface area contributed by atoms with E-state index in [-0.39, 0.29) is 5.75 Å². The predicted molar refractivity (Wildman–Crippen MR) is 126 cm³/mol. The number of aliphatic hydroxyl groups excluding tert-OH is 1. The van der Waals surface area contributed by atoms with Crippen molar-refractivity contribution in [1.82, 2.24) is 4.90 Å². The first-order valence-electron chi connectivity index (χ1n) is 11.6. The van der Waals surface area contributed by atoms with Gasteiger partial charge in [-0.2, -0.15) is 0 Å². The number of rotatable bonds is 10. The first-order chi connectivity index (χ1) is 16.1. The van der Waals surface area contributed by atoms with Crippen molar-refractivity contribution in [1.29, 1.82) is 0 Å². The summed E-state index contributed by atoms with van der Waals surface area (Å²) in [7, 11) is 3.14. The van der Waals surface area contributed by atoms with Gasteiger partial charge in [0, 0.05) is 6.54 Å². The molecule has 3 aromatic rings. The summed E-state index contributed by atoms with van der Waals surface area (Å²) in [5.74, 6) is 1.62. The number of methoxy groups -OCH3 is 2. The normalized spacial score (nSPS) is 15.5. The summed E-state index contributed by atoms with van der Waals surface area (Å²) in [6, 6.07) is 8.96. The van der Waals surface area contributed by atoms with Crippen LogP contribution in [0.5, 0.6) is 23.0 Å². The molecule has 0 radical (unpaired) electrons. The van der Waals surface area contributed by atoms with Crippen LogP contribution in [0.25, 0.3) is 11.0 Å². The summed E-state index contributed by atoms with van der Waals surface area (Å²) in [5, 5.41) is 22.1. The average molecular weight is 456 g/mol. The lowest BCUT2D eigenvalue weighted by Gasteiger charge is -2.27. The summed E-state index contributed by atoms with van der Waals surface area (Å²) in [6.45, 7) is 3.42. The van der Waals surface area contributed by atoms with Crippen molar-refractivity contribution < 1.29 is 28.8 Å². The van der Waals surface area contributed by atoms with Gasteiger partial charge < -0.3 is 28.8 Å². The Morgan fingerprint density at radius 3 is 2.48 bits per heavy atom. The van der Waals surface area contributed by atoms with Gasteiger partial charge in [0.25, 0.3) is 0 Å². The lowest BCUT2D eigenvalue weighted by atomic mass is 9.97. The van der Waals surface area contributed by atoms with Crippen molar-refractivity contribution >= 4 is 11.0 Å². The van der Waals surface area contributed by atoms with Crippen molar-refractivity contribution in [3.63, 3.8) is 0 Å². The van der Waals surface area contributed by atoms with Gasteiger partial charge in [-0.05, 0) is 56.5 Å². The number of phenolic OH excluding ortho intramolecular Hbond substituents is 1. The van der Waals surface area contributed by atoms with Crippen LogP contribution in [-0.2, 0) is 6.42 Å². The van der Waals surface area contributed by atoms with Gasteiger partial charge in [0.2, 0.25) is 5.75 Å². The largest absolute Gasteiger partial charge is 0.508 e. The van der Waals surface area contributed by atoms with Crippen molar-refractivity contribution in [3.8, 4) is 23.0 Å². The second kappa shape index (κ2) is 10.8. The maximum Gasteiger partial charge on any atom is 0.205 e. The second-order valence-corrected chi connectivity index (χ2v) is 8.41. The summed E-state index contributed by atoms with van der Waals surface area (Å²) in [4.78, 5) is 2.40. The van der Waals surface area contributed by atoms with E-state index in [4.69, 9.17) is 18.6 Å². The number of hydrogen-bond acceptors (Lipinski definition) is 7. The summed E-state index contributed by atoms with van der Waals surface area (Å²) < 4.78 is 23.4. The van der Waals surface area contributed by atoms with Crippen LogP contribution in [0.15, 0.2) is 41.0 Å². The zero-order valence-electron chi connectivity index (χ0n) is 19.4. The van der Waals surface area contributed by atoms with Gasteiger partial charge in [-0.3, -0.25) is 4.90 Å². The van der Waals surface area contributed by atoms with E-state index < -0.39 is 6.10 Å². The van der Waals surface area contributed by atoms with Gasteiger partial charge in [-0.25, -0.2) is 0 Å². The van der Waals surface area contributed by atoms with Crippen molar-refractivity contribution in [2.45, 2.75) is 38.2 Å². The third kappa shape index (κ3) is 5.04. The third-order valence-corrected chi connectivity index (χ3v) is 6.33. The van der Waals surface area contributed by atoms with Crippen LogP contribution in [0.4, 0.5) is 0 Å². The molecule has 7 heteroatoms. The molecule has 0 amide bonds. The fourth-order valence-corrected chi connectivity index (χ4v) is 4.61. The van der Waals surface area contributed by atoms with Crippen LogP contribution in [0.2, 0.25) is 0 Å². The molecule has 2 heterocycles. The minimum atomic E-state index is -0.891. The monoisotopic (exact) mass is 455 g/mol. The second-order valence-electron chi connectivity index (χ2n) is 8.41. The molecule has 33 heavy (non-hydrogen) atoms. The molecule has 0 aliphatic carbocycles. The van der Waals surface area contributed by atoms with E-state index in [0.29, 0.717) is 53.2 Å². The zero-order valence-corrected chi connectivity index (χ0v) is 19.4. The minimum Gasteiger partial charge on any atom is -0.508 e. The molecule has 1 aromatic heterocycles. The van der Waals surface area contributed by atoms with Crippen LogP contribution in [0.3, 0.4) is 0 Å². The molecule has 1 atom stereocenters. The van der Waals surface area contributed by atoms with E-state index in [1.165, 1.54) is 19.3 Å². The maximum atomic E-state index is 11.3. The van der Waals surface area contributed by atoms with Crippen LogP contribution < -0.4 is 14.2 Å². The SMILES string of the molecule is COc1c(C(O)CCc2ccccc2O)c(OCCN2CCCCC2)c(OC)c2occc12. The average Bonchev–Trinajstić information content (AvgIpc) is 3.32. The molecule has 2 N–H and O–H groups in total. The van der Waals surface area contributed by atoms with Crippen molar-refractivity contribution in [2.24, 2.45) is 0 Å². The quantitative estimate of drug-likeness (QED) is 0.459. The maximum absolute atomic E-state index is 11.3. The van der Waals surface area contributed by atoms with E-state index >= 15 is 0 Å². The van der Waals surface area contributed by atoms with Gasteiger partial charge in [0.1, 0.15) is 18.1 Å². The van der Waals surface area contributed by atoms with Crippen LogP contribution in [-0.4, -0.2) is 55.6 Å². The molecular formula is C26H33NO6. The molecule has 0 bridgehead atoms. The molecule has 1 fully saturated rings. The Morgan fingerprint density at radius 1 is 1.00 bits per heavy atom. The first-order valence-corrected chi connectivity index (χ1v) is 11.6. The van der Waals surface area contributed by atoms with E-state index in [9.17, 15) is 10.2 Å². The van der Waals surface area contributed by atoms with Crippen molar-refractivity contribution in [3.05, 3.63) is 47.7 Å².